The Labute approximate surface area is 181 Å². The maximum Gasteiger partial charge on any atom is 0.257 e. The molecule has 30 heavy (non-hydrogen) atoms. The Kier molecular flexibility index (Phi) is 6.24. The lowest BCUT2D eigenvalue weighted by Crippen LogP contribution is -2.34. The fraction of sp³-hybridized carbons (Fsp3) is 0.524. The molecule has 0 saturated carbocycles. The third-order valence-corrected chi connectivity index (χ3v) is 8.59. The molecule has 1 fully saturated rings. The predicted molar refractivity (Wildman–Crippen MR) is 116 cm³/mol. The van der Waals surface area contributed by atoms with Crippen molar-refractivity contribution in [3.63, 3.8) is 0 Å². The van der Waals surface area contributed by atoms with Crippen LogP contribution in [0.3, 0.4) is 0 Å². The van der Waals surface area contributed by atoms with Gasteiger partial charge >= 0.3 is 0 Å². The van der Waals surface area contributed by atoms with Gasteiger partial charge in [-0.15, -0.1) is 11.3 Å². The zero-order chi connectivity index (χ0) is 21.3. The second kappa shape index (κ2) is 8.74. The van der Waals surface area contributed by atoms with Crippen LogP contribution in [0.2, 0.25) is 0 Å². The molecular weight excluding hydrogens is 422 g/mol. The van der Waals surface area contributed by atoms with Gasteiger partial charge in [0.25, 0.3) is 5.91 Å². The zero-order valence-corrected chi connectivity index (χ0v) is 18.9. The highest BCUT2D eigenvalue weighted by Crippen LogP contribution is 2.32. The number of sulfonamides is 1. The number of anilines is 1. The van der Waals surface area contributed by atoms with Crippen LogP contribution in [0, 0.1) is 5.92 Å². The molecule has 1 saturated heterocycles. The van der Waals surface area contributed by atoms with Crippen LogP contribution in [0.15, 0.2) is 29.2 Å². The van der Waals surface area contributed by atoms with E-state index in [2.05, 4.69) is 17.2 Å². The van der Waals surface area contributed by atoms with Crippen molar-refractivity contribution in [2.24, 2.45) is 5.92 Å². The molecule has 2 atom stereocenters. The molecule has 0 radical (unpaired) electrons. The van der Waals surface area contributed by atoms with E-state index in [4.69, 9.17) is 4.74 Å². The van der Waals surface area contributed by atoms with Gasteiger partial charge in [-0.2, -0.15) is 4.31 Å². The molecule has 7 nitrogen and oxygen atoms in total. The Morgan fingerprint density at radius 1 is 1.30 bits per heavy atom. The number of carbonyl (C=O) groups excluding carboxylic acids is 1. The van der Waals surface area contributed by atoms with Gasteiger partial charge in [0.15, 0.2) is 5.13 Å². The number of ether oxygens (including phenoxy) is 1. The van der Waals surface area contributed by atoms with Crippen molar-refractivity contribution >= 4 is 32.4 Å². The van der Waals surface area contributed by atoms with Crippen molar-refractivity contribution in [1.82, 2.24) is 9.29 Å². The predicted octanol–water partition coefficient (Wildman–Crippen LogP) is 3.32. The highest BCUT2D eigenvalue weighted by molar-refractivity contribution is 7.89. The minimum absolute atomic E-state index is 0.0538. The molecule has 1 aliphatic carbocycles. The molecular formula is C21H27N3O4S2. The maximum atomic E-state index is 12.8. The van der Waals surface area contributed by atoms with Crippen LogP contribution in [-0.4, -0.2) is 49.9 Å². The van der Waals surface area contributed by atoms with Gasteiger partial charge in [0, 0.05) is 30.6 Å². The number of hydrogen-bond acceptors (Lipinski definition) is 6. The zero-order valence-electron chi connectivity index (χ0n) is 17.3. The van der Waals surface area contributed by atoms with E-state index in [1.807, 2.05) is 0 Å². The van der Waals surface area contributed by atoms with Gasteiger partial charge in [-0.05, 0) is 62.3 Å². The van der Waals surface area contributed by atoms with Crippen LogP contribution < -0.4 is 5.32 Å². The van der Waals surface area contributed by atoms with Crippen molar-refractivity contribution in [1.29, 1.82) is 0 Å². The maximum absolute atomic E-state index is 12.8. The number of aryl methyl sites for hydroxylation is 1. The Balaban J connectivity index is 1.42. The van der Waals surface area contributed by atoms with Crippen molar-refractivity contribution in [2.45, 2.75) is 50.0 Å². The average molecular weight is 450 g/mol. The van der Waals surface area contributed by atoms with E-state index in [9.17, 15) is 13.2 Å². The molecule has 0 spiro atoms. The molecule has 0 bridgehead atoms. The molecule has 1 aliphatic heterocycles. The van der Waals surface area contributed by atoms with Crippen molar-refractivity contribution in [3.05, 3.63) is 40.4 Å². The van der Waals surface area contributed by atoms with E-state index >= 15 is 0 Å². The molecule has 162 valence electrons. The number of benzene rings is 1. The van der Waals surface area contributed by atoms with E-state index in [1.54, 1.807) is 7.05 Å². The van der Waals surface area contributed by atoms with Gasteiger partial charge in [0.1, 0.15) is 0 Å². The fourth-order valence-electron chi connectivity index (χ4n) is 3.89. The van der Waals surface area contributed by atoms with Gasteiger partial charge in [-0.25, -0.2) is 13.4 Å². The highest BCUT2D eigenvalue weighted by atomic mass is 32.2. The largest absolute Gasteiger partial charge is 0.377 e. The number of aromatic nitrogens is 1. The first-order valence-electron chi connectivity index (χ1n) is 10.3. The number of fused-ring (bicyclic) bond motifs is 1. The molecule has 1 aromatic carbocycles. The van der Waals surface area contributed by atoms with E-state index in [-0.39, 0.29) is 16.9 Å². The van der Waals surface area contributed by atoms with Crippen LogP contribution >= 0.6 is 11.3 Å². The van der Waals surface area contributed by atoms with Crippen LogP contribution in [0.25, 0.3) is 0 Å². The summed E-state index contributed by atoms with van der Waals surface area (Å²) in [6, 6.07) is 6.03. The van der Waals surface area contributed by atoms with Gasteiger partial charge in [0.2, 0.25) is 10.0 Å². The molecule has 1 amide bonds. The monoisotopic (exact) mass is 449 g/mol. The van der Waals surface area contributed by atoms with Crippen molar-refractivity contribution < 1.29 is 17.9 Å². The lowest BCUT2D eigenvalue weighted by Gasteiger charge is -2.20. The summed E-state index contributed by atoms with van der Waals surface area (Å²) in [6.07, 6.45) is 4.87. The average Bonchev–Trinajstić information content (AvgIpc) is 3.37. The quantitative estimate of drug-likeness (QED) is 0.731. The van der Waals surface area contributed by atoms with Crippen LogP contribution in [0.4, 0.5) is 5.13 Å². The Morgan fingerprint density at radius 2 is 2.07 bits per heavy atom. The molecule has 0 unspecified atom stereocenters. The Hall–Kier alpha value is -1.81. The van der Waals surface area contributed by atoms with E-state index in [1.165, 1.54) is 44.8 Å². The number of likely N-dealkylation sites (N-methyl/N-ethyl adjacent to an activating group) is 1. The second-order valence-corrected chi connectivity index (χ2v) is 11.3. The molecule has 1 N–H and O–H groups in total. The van der Waals surface area contributed by atoms with Crippen LogP contribution in [-0.2, 0) is 27.6 Å². The lowest BCUT2D eigenvalue weighted by atomic mass is 9.93. The highest BCUT2D eigenvalue weighted by Gasteiger charge is 2.26. The summed E-state index contributed by atoms with van der Waals surface area (Å²) >= 11 is 1.53. The number of thiazole rings is 1. The summed E-state index contributed by atoms with van der Waals surface area (Å²) in [5.74, 6) is 0.361. The third-order valence-electron chi connectivity index (χ3n) is 5.72. The van der Waals surface area contributed by atoms with E-state index < -0.39 is 10.0 Å². The number of nitrogens with zero attached hydrogens (tertiary/aromatic N) is 2. The molecule has 1 aromatic heterocycles. The Morgan fingerprint density at radius 3 is 2.77 bits per heavy atom. The fourth-order valence-corrected chi connectivity index (χ4v) is 6.26. The number of amides is 1. The smallest absolute Gasteiger partial charge is 0.257 e. The molecule has 4 rings (SSSR count). The van der Waals surface area contributed by atoms with Gasteiger partial charge in [-0.1, -0.05) is 6.92 Å². The first-order valence-corrected chi connectivity index (χ1v) is 12.6. The summed E-state index contributed by atoms with van der Waals surface area (Å²) in [4.78, 5) is 18.6. The summed E-state index contributed by atoms with van der Waals surface area (Å²) in [7, 11) is -2.07. The van der Waals surface area contributed by atoms with Crippen LogP contribution in [0.1, 0.15) is 47.1 Å². The van der Waals surface area contributed by atoms with Crippen molar-refractivity contribution in [3.8, 4) is 0 Å². The molecule has 2 heterocycles. The number of nitrogens with one attached hydrogen (secondary N) is 1. The number of carbonyl (C=O) groups is 1. The normalized spacial score (nSPS) is 21.6. The molecule has 2 aromatic rings. The van der Waals surface area contributed by atoms with Gasteiger partial charge < -0.3 is 4.74 Å². The number of hydrogen-bond donors (Lipinski definition) is 1. The third kappa shape index (κ3) is 4.59. The molecule has 9 heteroatoms. The van der Waals surface area contributed by atoms with E-state index in [0.717, 1.165) is 37.8 Å². The first-order chi connectivity index (χ1) is 14.3. The van der Waals surface area contributed by atoms with Crippen LogP contribution in [0.5, 0.6) is 0 Å². The number of rotatable bonds is 6. The summed E-state index contributed by atoms with van der Waals surface area (Å²) in [6.45, 7) is 3.25. The SMILES string of the molecule is C[C@@H]1CCc2nc(NC(=O)c3ccc(S(=O)(=O)N(C)C[C@@H]4CCCO4)cc3)sc2C1. The summed E-state index contributed by atoms with van der Waals surface area (Å²) < 4.78 is 32.4. The molecule has 2 aliphatic rings. The van der Waals surface area contributed by atoms with Crippen molar-refractivity contribution in [2.75, 3.05) is 25.5 Å². The lowest BCUT2D eigenvalue weighted by molar-refractivity contribution is 0.0979. The van der Waals surface area contributed by atoms with Gasteiger partial charge in [-0.3, -0.25) is 10.1 Å². The summed E-state index contributed by atoms with van der Waals surface area (Å²) in [5, 5.41) is 3.46. The standard InChI is InChI=1S/C21H27N3O4S2/c1-14-5-10-18-19(12-14)29-21(22-18)23-20(25)15-6-8-17(9-7-15)30(26,27)24(2)13-16-4-3-11-28-16/h6-9,14,16H,3-5,10-13H2,1-2H3,(H,22,23,25)/t14-,16+/m1/s1. The first kappa shape index (κ1) is 21.4. The minimum atomic E-state index is -3.62. The minimum Gasteiger partial charge on any atom is -0.377 e. The second-order valence-electron chi connectivity index (χ2n) is 8.14. The topological polar surface area (TPSA) is 88.6 Å². The summed E-state index contributed by atoms with van der Waals surface area (Å²) in [5.41, 5.74) is 1.49. The van der Waals surface area contributed by atoms with Gasteiger partial charge in [0.05, 0.1) is 16.7 Å². The Bertz CT molecular complexity index is 1010. The van der Waals surface area contributed by atoms with E-state index in [0.29, 0.717) is 29.8 Å².